The van der Waals surface area contributed by atoms with Gasteiger partial charge in [-0.15, -0.1) is 0 Å². The molecular weight excluding hydrogens is 485 g/mol. The van der Waals surface area contributed by atoms with Crippen LogP contribution in [0.2, 0.25) is 5.02 Å². The van der Waals surface area contributed by atoms with Crippen LogP contribution >= 0.6 is 11.6 Å². The maximum Gasteiger partial charge on any atom is 0.389 e. The highest BCUT2D eigenvalue weighted by atomic mass is 35.5. The quantitative estimate of drug-likeness (QED) is 0.423. The summed E-state index contributed by atoms with van der Waals surface area (Å²) >= 11 is 6.00. The van der Waals surface area contributed by atoms with Crippen LogP contribution in [0.1, 0.15) is 36.6 Å². The van der Waals surface area contributed by atoms with E-state index in [0.29, 0.717) is 27.5 Å². The molecule has 0 saturated carbocycles. The number of anilines is 2. The number of amides is 1. The topological polar surface area (TPSA) is 124 Å². The van der Waals surface area contributed by atoms with Gasteiger partial charge < -0.3 is 11.1 Å². The Balaban J connectivity index is 1.56. The number of nitrogens with two attached hydrogens (primary N) is 1. The summed E-state index contributed by atoms with van der Waals surface area (Å²) in [6, 6.07) is 6.82. The summed E-state index contributed by atoms with van der Waals surface area (Å²) in [5.41, 5.74) is 7.15. The Bertz CT molecular complexity index is 1450. The van der Waals surface area contributed by atoms with Crippen LogP contribution in [-0.4, -0.2) is 41.6 Å². The van der Waals surface area contributed by atoms with Gasteiger partial charge in [-0.05, 0) is 37.5 Å². The number of fused-ring (bicyclic) bond motifs is 2. The fourth-order valence-corrected chi connectivity index (χ4v) is 4.33. The number of benzene rings is 1. The van der Waals surface area contributed by atoms with E-state index in [1.807, 2.05) is 0 Å². The van der Waals surface area contributed by atoms with Gasteiger partial charge >= 0.3 is 6.18 Å². The Hall–Kier alpha value is -3.80. The van der Waals surface area contributed by atoms with Crippen molar-refractivity contribution in [2.24, 2.45) is 0 Å². The highest BCUT2D eigenvalue weighted by Crippen LogP contribution is 2.45. The third kappa shape index (κ3) is 4.03. The first-order valence-corrected chi connectivity index (χ1v) is 11.0. The number of hydrogen-bond donors (Lipinski definition) is 2. The second-order valence-electron chi connectivity index (χ2n) is 8.31. The molecule has 4 heterocycles. The maximum atomic E-state index is 13.0. The van der Waals surface area contributed by atoms with Crippen LogP contribution in [0, 0.1) is 0 Å². The first-order chi connectivity index (χ1) is 16.6. The van der Waals surface area contributed by atoms with Crippen molar-refractivity contribution in [3.63, 3.8) is 0 Å². The van der Waals surface area contributed by atoms with Gasteiger partial charge in [-0.2, -0.15) is 18.3 Å². The minimum absolute atomic E-state index is 0.0291. The molecule has 0 fully saturated rings. The number of rotatable bonds is 5. The minimum Gasteiger partial charge on any atom is -0.383 e. The van der Waals surface area contributed by atoms with Crippen LogP contribution in [0.15, 0.2) is 36.8 Å². The average Bonchev–Trinajstić information content (AvgIpc) is 3.36. The molecule has 1 aliphatic heterocycles. The molecule has 9 nitrogen and oxygen atoms in total. The summed E-state index contributed by atoms with van der Waals surface area (Å²) < 4.78 is 39.3. The largest absolute Gasteiger partial charge is 0.389 e. The third-order valence-corrected chi connectivity index (χ3v) is 6.23. The van der Waals surface area contributed by atoms with Gasteiger partial charge in [-0.25, -0.2) is 24.5 Å². The summed E-state index contributed by atoms with van der Waals surface area (Å²) in [5.74, 6) is 0.0610. The molecule has 0 radical (unpaired) electrons. The van der Waals surface area contributed by atoms with Crippen LogP contribution in [-0.2, 0) is 16.6 Å². The van der Waals surface area contributed by atoms with Crippen molar-refractivity contribution in [2.75, 3.05) is 11.1 Å². The summed E-state index contributed by atoms with van der Waals surface area (Å²) in [5, 5.41) is 7.36. The first kappa shape index (κ1) is 23.0. The number of aromatic nitrogens is 6. The van der Waals surface area contributed by atoms with E-state index in [2.05, 4.69) is 30.4 Å². The zero-order valence-corrected chi connectivity index (χ0v) is 19.0. The third-order valence-electron chi connectivity index (χ3n) is 5.98. The van der Waals surface area contributed by atoms with E-state index in [4.69, 9.17) is 17.3 Å². The molecule has 0 bridgehead atoms. The van der Waals surface area contributed by atoms with Crippen molar-refractivity contribution in [2.45, 2.75) is 37.8 Å². The van der Waals surface area contributed by atoms with Crippen molar-refractivity contribution in [3.8, 4) is 11.5 Å². The van der Waals surface area contributed by atoms with Gasteiger partial charge in [0.2, 0.25) is 5.91 Å². The Morgan fingerprint density at radius 2 is 1.91 bits per heavy atom. The minimum atomic E-state index is -4.27. The second-order valence-corrected chi connectivity index (χ2v) is 8.75. The number of nitrogen functional groups attached to an aromatic ring is 1. The van der Waals surface area contributed by atoms with E-state index in [-0.39, 0.29) is 41.9 Å². The molecule has 3 N–H and O–H groups in total. The van der Waals surface area contributed by atoms with Gasteiger partial charge in [0, 0.05) is 11.4 Å². The SMILES string of the molecule is CC1(c2ccc(Cl)cc2)C(=O)Nc2nc(-c3cn4ncnc4c(CCCC(F)(F)F)n3)nc(N)c21. The molecule has 35 heavy (non-hydrogen) atoms. The van der Waals surface area contributed by atoms with Crippen molar-refractivity contribution in [3.05, 3.63) is 58.6 Å². The number of aryl methyl sites for hydroxylation is 1. The van der Waals surface area contributed by atoms with E-state index in [1.165, 1.54) is 17.0 Å². The lowest BCUT2D eigenvalue weighted by molar-refractivity contribution is -0.135. The van der Waals surface area contributed by atoms with Crippen molar-refractivity contribution < 1.29 is 18.0 Å². The Morgan fingerprint density at radius 1 is 1.17 bits per heavy atom. The average molecular weight is 503 g/mol. The zero-order chi connectivity index (χ0) is 25.0. The summed E-state index contributed by atoms with van der Waals surface area (Å²) in [6.45, 7) is 1.72. The molecular formula is C22H18ClF3N8O. The summed E-state index contributed by atoms with van der Waals surface area (Å²) in [4.78, 5) is 30.4. The number of nitrogens with zero attached hydrogens (tertiary/aromatic N) is 6. The lowest BCUT2D eigenvalue weighted by Gasteiger charge is -2.23. The van der Waals surface area contributed by atoms with Crippen LogP contribution in [0.5, 0.6) is 0 Å². The molecule has 0 spiro atoms. The molecule has 1 aliphatic rings. The number of nitrogens with one attached hydrogen (secondary N) is 1. The predicted molar refractivity (Wildman–Crippen MR) is 122 cm³/mol. The van der Waals surface area contributed by atoms with Gasteiger partial charge in [0.05, 0.1) is 17.5 Å². The van der Waals surface area contributed by atoms with Crippen LogP contribution < -0.4 is 11.1 Å². The molecule has 4 aromatic rings. The van der Waals surface area contributed by atoms with Gasteiger partial charge in [-0.3, -0.25) is 4.79 Å². The highest BCUT2D eigenvalue weighted by molar-refractivity contribution is 6.30. The first-order valence-electron chi connectivity index (χ1n) is 10.6. The number of halogens is 4. The summed E-state index contributed by atoms with van der Waals surface area (Å²) in [6.07, 6.45) is -2.56. The van der Waals surface area contributed by atoms with Crippen molar-refractivity contribution in [1.82, 2.24) is 29.5 Å². The van der Waals surface area contributed by atoms with Gasteiger partial charge in [0.15, 0.2) is 11.5 Å². The fraction of sp³-hybridized carbons (Fsp3) is 0.273. The van der Waals surface area contributed by atoms with E-state index >= 15 is 0 Å². The van der Waals surface area contributed by atoms with Crippen molar-refractivity contribution >= 4 is 34.8 Å². The van der Waals surface area contributed by atoms with Gasteiger partial charge in [0.25, 0.3) is 0 Å². The smallest absolute Gasteiger partial charge is 0.383 e. The molecule has 3 aromatic heterocycles. The number of hydrogen-bond acceptors (Lipinski definition) is 7. The predicted octanol–water partition coefficient (Wildman–Crippen LogP) is 3.96. The van der Waals surface area contributed by atoms with Crippen LogP contribution in [0.3, 0.4) is 0 Å². The lowest BCUT2D eigenvalue weighted by atomic mass is 9.78. The molecule has 180 valence electrons. The zero-order valence-electron chi connectivity index (χ0n) is 18.3. The lowest BCUT2D eigenvalue weighted by Crippen LogP contribution is -2.32. The molecule has 13 heteroatoms. The molecule has 0 aliphatic carbocycles. The van der Waals surface area contributed by atoms with Crippen molar-refractivity contribution in [1.29, 1.82) is 0 Å². The monoisotopic (exact) mass is 502 g/mol. The van der Waals surface area contributed by atoms with Gasteiger partial charge in [-0.1, -0.05) is 23.7 Å². The second kappa shape index (κ2) is 8.15. The molecule has 1 aromatic carbocycles. The van der Waals surface area contributed by atoms with E-state index in [1.54, 1.807) is 31.2 Å². The molecule has 1 unspecified atom stereocenters. The summed E-state index contributed by atoms with van der Waals surface area (Å²) in [7, 11) is 0. The molecule has 1 atom stereocenters. The van der Waals surface area contributed by atoms with Crippen LogP contribution in [0.4, 0.5) is 24.8 Å². The number of carbonyl (C=O) groups excluding carboxylic acids is 1. The Kier molecular flexibility index (Phi) is 5.35. The van der Waals surface area contributed by atoms with E-state index < -0.39 is 18.0 Å². The molecule has 0 saturated heterocycles. The normalized spacial score (nSPS) is 17.6. The highest BCUT2D eigenvalue weighted by Gasteiger charge is 2.47. The fourth-order valence-electron chi connectivity index (χ4n) is 4.20. The number of carbonyl (C=O) groups is 1. The standard InChI is InChI=1S/C22H18ClF3N8O/c1-21(11-4-6-12(23)7-5-11)15-16(27)31-17(32-18(15)33-20(21)35)14-9-34-19(28-10-29-34)13(30-14)3-2-8-22(24,25)26/h4-7,9-10H,2-3,8H2,1H3,(H3,27,31,32,33,35). The van der Waals surface area contributed by atoms with E-state index in [9.17, 15) is 18.0 Å². The Morgan fingerprint density at radius 3 is 2.63 bits per heavy atom. The van der Waals surface area contributed by atoms with Crippen LogP contribution in [0.25, 0.3) is 17.2 Å². The molecule has 1 amide bonds. The maximum absolute atomic E-state index is 13.0. The van der Waals surface area contributed by atoms with E-state index in [0.717, 1.165) is 0 Å². The molecule has 5 rings (SSSR count). The number of alkyl halides is 3. The van der Waals surface area contributed by atoms with Gasteiger partial charge in [0.1, 0.15) is 29.1 Å². The Labute approximate surface area is 201 Å².